The number of aromatic nitrogens is 3. The van der Waals surface area contributed by atoms with E-state index in [1.165, 1.54) is 85.4 Å². The van der Waals surface area contributed by atoms with E-state index in [0.29, 0.717) is 5.82 Å². The van der Waals surface area contributed by atoms with Gasteiger partial charge >= 0.3 is 0 Å². The quantitative estimate of drug-likeness (QED) is 0.162. The van der Waals surface area contributed by atoms with E-state index >= 15 is 0 Å². The summed E-state index contributed by atoms with van der Waals surface area (Å²) in [7, 11) is 0. The summed E-state index contributed by atoms with van der Waals surface area (Å²) >= 11 is 1.88. The maximum Gasteiger partial charge on any atom is 0.160 e. The van der Waals surface area contributed by atoms with Crippen molar-refractivity contribution in [3.8, 4) is 50.7 Å². The predicted octanol–water partition coefficient (Wildman–Crippen LogP) is 16.1. The van der Waals surface area contributed by atoms with Gasteiger partial charge in [-0.25, -0.2) is 9.97 Å². The molecule has 0 atom stereocenters. The molecule has 3 nitrogen and oxygen atoms in total. The zero-order valence-electron chi connectivity index (χ0n) is 33.5. The van der Waals surface area contributed by atoms with E-state index in [4.69, 9.17) is 9.97 Å². The molecule has 10 aromatic carbocycles. The first-order valence-corrected chi connectivity index (χ1v) is 21.9. The minimum atomic E-state index is 0.711. The van der Waals surface area contributed by atoms with Crippen LogP contribution in [0.2, 0.25) is 0 Å². The Hall–Kier alpha value is -7.92. The van der Waals surface area contributed by atoms with Gasteiger partial charge in [0.2, 0.25) is 0 Å². The Morgan fingerprint density at radius 3 is 1.69 bits per heavy atom. The second kappa shape index (κ2) is 13.8. The third-order valence-corrected chi connectivity index (χ3v) is 13.7. The average Bonchev–Trinajstić information content (AvgIpc) is 3.90. The summed E-state index contributed by atoms with van der Waals surface area (Å²) in [6.07, 6.45) is 0. The van der Waals surface area contributed by atoms with Gasteiger partial charge in [0, 0.05) is 58.7 Å². The van der Waals surface area contributed by atoms with E-state index in [9.17, 15) is 0 Å². The van der Waals surface area contributed by atoms with Crippen LogP contribution < -0.4 is 0 Å². The molecule has 0 spiro atoms. The van der Waals surface area contributed by atoms with Crippen molar-refractivity contribution in [1.29, 1.82) is 0 Å². The average molecular weight is 806 g/mol. The molecule has 3 heterocycles. The van der Waals surface area contributed by atoms with E-state index < -0.39 is 0 Å². The monoisotopic (exact) mass is 805 g/mol. The summed E-state index contributed by atoms with van der Waals surface area (Å²) in [6.45, 7) is 0. The van der Waals surface area contributed by atoms with Crippen molar-refractivity contribution < 1.29 is 0 Å². The van der Waals surface area contributed by atoms with Gasteiger partial charge in [-0.05, 0) is 80.5 Å². The van der Waals surface area contributed by atoms with Crippen LogP contribution in [0, 0.1) is 0 Å². The fourth-order valence-corrected chi connectivity index (χ4v) is 10.9. The second-order valence-electron chi connectivity index (χ2n) is 16.1. The van der Waals surface area contributed by atoms with Crippen molar-refractivity contribution in [3.63, 3.8) is 0 Å². The van der Waals surface area contributed by atoms with Gasteiger partial charge < -0.3 is 4.57 Å². The number of thiophene rings is 1. The van der Waals surface area contributed by atoms with Crippen LogP contribution in [-0.2, 0) is 0 Å². The molecule has 0 unspecified atom stereocenters. The molecular weight excluding hydrogens is 771 g/mol. The van der Waals surface area contributed by atoms with Crippen molar-refractivity contribution in [1.82, 2.24) is 14.5 Å². The predicted molar refractivity (Wildman–Crippen MR) is 264 cm³/mol. The summed E-state index contributed by atoms with van der Waals surface area (Å²) in [5.74, 6) is 0.711. The summed E-state index contributed by atoms with van der Waals surface area (Å²) in [5, 5.41) is 12.7. The van der Waals surface area contributed by atoms with E-state index in [2.05, 4.69) is 193 Å². The summed E-state index contributed by atoms with van der Waals surface area (Å²) < 4.78 is 5.09. The highest BCUT2D eigenvalue weighted by molar-refractivity contribution is 7.26. The zero-order chi connectivity index (χ0) is 40.7. The van der Waals surface area contributed by atoms with E-state index in [1.807, 2.05) is 35.6 Å². The van der Waals surface area contributed by atoms with E-state index in [-0.39, 0.29) is 0 Å². The third kappa shape index (κ3) is 5.37. The van der Waals surface area contributed by atoms with Crippen LogP contribution >= 0.6 is 11.3 Å². The van der Waals surface area contributed by atoms with E-state index in [1.54, 1.807) is 0 Å². The Morgan fingerprint density at radius 1 is 0.355 bits per heavy atom. The fourth-order valence-electron chi connectivity index (χ4n) is 9.79. The Kier molecular flexibility index (Phi) is 7.78. The normalized spacial score (nSPS) is 11.9. The largest absolute Gasteiger partial charge is 0.309 e. The summed E-state index contributed by atoms with van der Waals surface area (Å²) in [5.41, 5.74) is 10.9. The standard InChI is InChI=1S/C58H35N3S/c1-3-15-37(16-4-1)49-35-50(60-58(59-49)39-17-5-2-6-18-39)38-26-29-41(30-27-38)61-51-31-33-53-54(56(51)55-46-23-11-9-21-44(46)45-22-10-12-24-47(45)57(55)61)48-34-40(28-32-52(48)62-53)43-25-13-19-36-14-7-8-20-42(36)43/h1-35H. The molecule has 0 saturated heterocycles. The first-order chi connectivity index (χ1) is 30.7. The Balaban J connectivity index is 1.08. The van der Waals surface area contributed by atoms with Crippen molar-refractivity contribution in [3.05, 3.63) is 212 Å². The first kappa shape index (κ1) is 34.9. The third-order valence-electron chi connectivity index (χ3n) is 12.6. The van der Waals surface area contributed by atoms with Crippen molar-refractivity contribution >= 4 is 85.6 Å². The summed E-state index contributed by atoms with van der Waals surface area (Å²) in [6, 6.07) is 76.7. The zero-order valence-corrected chi connectivity index (χ0v) is 34.3. The molecule has 13 aromatic rings. The number of hydrogen-bond acceptors (Lipinski definition) is 3. The Labute approximate surface area is 361 Å². The highest BCUT2D eigenvalue weighted by Crippen LogP contribution is 2.48. The molecule has 0 aliphatic carbocycles. The number of benzene rings is 10. The molecule has 0 fully saturated rings. The van der Waals surface area contributed by atoms with Gasteiger partial charge in [-0.2, -0.15) is 0 Å². The molecule has 62 heavy (non-hydrogen) atoms. The van der Waals surface area contributed by atoms with Gasteiger partial charge in [-0.1, -0.05) is 170 Å². The van der Waals surface area contributed by atoms with Crippen LogP contribution in [0.3, 0.4) is 0 Å². The number of hydrogen-bond donors (Lipinski definition) is 0. The minimum Gasteiger partial charge on any atom is -0.309 e. The molecule has 288 valence electrons. The second-order valence-corrected chi connectivity index (χ2v) is 17.1. The lowest BCUT2D eigenvalue weighted by molar-refractivity contribution is 1.17. The molecule has 0 aliphatic heterocycles. The molecule has 0 bridgehead atoms. The minimum absolute atomic E-state index is 0.711. The van der Waals surface area contributed by atoms with Gasteiger partial charge in [-0.15, -0.1) is 11.3 Å². The topological polar surface area (TPSA) is 30.7 Å². The van der Waals surface area contributed by atoms with Crippen LogP contribution in [-0.4, -0.2) is 14.5 Å². The molecule has 3 aromatic heterocycles. The lowest BCUT2D eigenvalue weighted by Gasteiger charge is -2.13. The van der Waals surface area contributed by atoms with Crippen LogP contribution in [0.1, 0.15) is 0 Å². The molecule has 0 aliphatic rings. The van der Waals surface area contributed by atoms with Gasteiger partial charge in [0.05, 0.1) is 22.4 Å². The molecule has 13 rings (SSSR count). The van der Waals surface area contributed by atoms with Gasteiger partial charge in [0.25, 0.3) is 0 Å². The van der Waals surface area contributed by atoms with Gasteiger partial charge in [0.15, 0.2) is 5.82 Å². The van der Waals surface area contributed by atoms with Crippen molar-refractivity contribution in [2.75, 3.05) is 0 Å². The first-order valence-electron chi connectivity index (χ1n) is 21.1. The number of nitrogens with zero attached hydrogens (tertiary/aromatic N) is 3. The van der Waals surface area contributed by atoms with Gasteiger partial charge in [-0.3, -0.25) is 0 Å². The van der Waals surface area contributed by atoms with Crippen LogP contribution in [0.5, 0.6) is 0 Å². The number of fused-ring (bicyclic) bond motifs is 13. The molecule has 0 N–H and O–H groups in total. The summed E-state index contributed by atoms with van der Waals surface area (Å²) in [4.78, 5) is 10.2. The van der Waals surface area contributed by atoms with E-state index in [0.717, 1.165) is 33.8 Å². The highest BCUT2D eigenvalue weighted by atomic mass is 32.1. The Morgan fingerprint density at radius 2 is 0.935 bits per heavy atom. The number of rotatable bonds is 5. The maximum absolute atomic E-state index is 5.15. The molecule has 0 saturated carbocycles. The highest BCUT2D eigenvalue weighted by Gasteiger charge is 2.23. The van der Waals surface area contributed by atoms with Crippen molar-refractivity contribution in [2.24, 2.45) is 0 Å². The SMILES string of the molecule is c1ccc(-c2cc(-c3ccc(-n4c5ccc6sc7ccc(-c8cccc9ccccc89)cc7c6c5c5c6ccccc6c6ccccc6c54)cc3)nc(-c3ccccc3)n2)cc1. The lowest BCUT2D eigenvalue weighted by Crippen LogP contribution is -1.97. The van der Waals surface area contributed by atoms with Crippen LogP contribution in [0.4, 0.5) is 0 Å². The molecule has 4 heteroatoms. The maximum atomic E-state index is 5.15. The smallest absolute Gasteiger partial charge is 0.160 e. The molecule has 0 radical (unpaired) electrons. The van der Waals surface area contributed by atoms with Gasteiger partial charge in [0.1, 0.15) is 0 Å². The fraction of sp³-hybridized carbons (Fsp3) is 0. The molecular formula is C58H35N3S. The van der Waals surface area contributed by atoms with Crippen LogP contribution in [0.25, 0.3) is 125 Å². The van der Waals surface area contributed by atoms with Crippen molar-refractivity contribution in [2.45, 2.75) is 0 Å². The molecule has 0 amide bonds. The van der Waals surface area contributed by atoms with Crippen LogP contribution in [0.15, 0.2) is 212 Å². The lowest BCUT2D eigenvalue weighted by atomic mass is 9.94. The Bertz CT molecular complexity index is 3840.